The molecule has 3 aromatic rings. The first-order valence-corrected chi connectivity index (χ1v) is 12.3. The third-order valence-electron chi connectivity index (χ3n) is 4.75. The molecule has 0 fully saturated rings. The van der Waals surface area contributed by atoms with E-state index in [0.717, 1.165) is 5.56 Å². The number of benzene rings is 3. The van der Waals surface area contributed by atoms with Crippen molar-refractivity contribution in [1.82, 2.24) is 0 Å². The van der Waals surface area contributed by atoms with Gasteiger partial charge in [-0.05, 0) is 30.2 Å². The van der Waals surface area contributed by atoms with Crippen LogP contribution >= 0.6 is 7.60 Å². The molecular formula is C22H23O6PS. The van der Waals surface area contributed by atoms with Crippen molar-refractivity contribution in [2.45, 2.75) is 30.0 Å². The van der Waals surface area contributed by atoms with Crippen LogP contribution in [0, 0.1) is 6.92 Å². The summed E-state index contributed by atoms with van der Waals surface area (Å²) < 4.78 is 44.2. The fraction of sp³-hybridized carbons (Fsp3) is 0.182. The second-order valence-electron chi connectivity index (χ2n) is 7.17. The van der Waals surface area contributed by atoms with Crippen LogP contribution in [0.2, 0.25) is 0 Å². The maximum absolute atomic E-state index is 13.0. The summed E-state index contributed by atoms with van der Waals surface area (Å²) in [5, 5.41) is -2.29. The predicted octanol–water partition coefficient (Wildman–Crippen LogP) is 4.06. The van der Waals surface area contributed by atoms with Gasteiger partial charge in [0.25, 0.3) is 10.1 Å². The minimum Gasteiger partial charge on any atom is -0.322 e. The minimum atomic E-state index is -5.07. The zero-order valence-electron chi connectivity index (χ0n) is 16.4. The van der Waals surface area contributed by atoms with Gasteiger partial charge >= 0.3 is 7.60 Å². The summed E-state index contributed by atoms with van der Waals surface area (Å²) in [7, 11) is -9.52. The van der Waals surface area contributed by atoms with Crippen molar-refractivity contribution in [3.63, 3.8) is 0 Å². The molecule has 8 heteroatoms. The van der Waals surface area contributed by atoms with Crippen LogP contribution in [0.1, 0.15) is 16.7 Å². The lowest BCUT2D eigenvalue weighted by Gasteiger charge is -2.33. The molecular weight excluding hydrogens is 423 g/mol. The Labute approximate surface area is 176 Å². The lowest BCUT2D eigenvalue weighted by Crippen LogP contribution is -2.40. The van der Waals surface area contributed by atoms with E-state index >= 15 is 0 Å². The Morgan fingerprint density at radius 3 is 1.63 bits per heavy atom. The van der Waals surface area contributed by atoms with E-state index in [4.69, 9.17) is 4.18 Å². The van der Waals surface area contributed by atoms with E-state index in [-0.39, 0.29) is 17.7 Å². The first-order chi connectivity index (χ1) is 14.1. The zero-order chi connectivity index (χ0) is 21.8. The monoisotopic (exact) mass is 446 g/mol. The Hall–Kier alpha value is -2.28. The standard InChI is InChI=1S/C22H23O6PS/c1-18-12-14-21(15-13-18)30(26,27)28-22(29(23,24)25,16-19-8-4-2-5-9-19)17-20-10-6-3-7-11-20/h2-15H,16-17H2,1H3,(H2,23,24,25). The Kier molecular flexibility index (Phi) is 6.60. The van der Waals surface area contributed by atoms with Crippen LogP contribution in [0.5, 0.6) is 0 Å². The normalized spacial score (nSPS) is 12.6. The molecule has 0 unspecified atom stereocenters. The third kappa shape index (κ3) is 5.25. The van der Waals surface area contributed by atoms with Crippen LogP contribution in [0.25, 0.3) is 0 Å². The van der Waals surface area contributed by atoms with Gasteiger partial charge in [-0.2, -0.15) is 8.42 Å². The molecule has 0 aliphatic heterocycles. The van der Waals surface area contributed by atoms with Crippen LogP contribution in [-0.2, 0) is 31.7 Å². The van der Waals surface area contributed by atoms with Gasteiger partial charge in [0, 0.05) is 12.8 Å². The van der Waals surface area contributed by atoms with E-state index in [1.54, 1.807) is 72.8 Å². The second-order valence-corrected chi connectivity index (χ2v) is 10.6. The molecule has 0 radical (unpaired) electrons. The van der Waals surface area contributed by atoms with E-state index in [2.05, 4.69) is 0 Å². The van der Waals surface area contributed by atoms with Crippen molar-refractivity contribution in [2.24, 2.45) is 0 Å². The quantitative estimate of drug-likeness (QED) is 0.400. The topological polar surface area (TPSA) is 101 Å². The molecule has 0 aliphatic rings. The molecule has 0 spiro atoms. The lowest BCUT2D eigenvalue weighted by molar-refractivity contribution is 0.123. The Morgan fingerprint density at radius 1 is 0.800 bits per heavy atom. The summed E-state index contributed by atoms with van der Waals surface area (Å²) in [6, 6.07) is 23.0. The van der Waals surface area contributed by atoms with Gasteiger partial charge in [-0.3, -0.25) is 4.57 Å². The highest BCUT2D eigenvalue weighted by atomic mass is 32.2. The van der Waals surface area contributed by atoms with E-state index in [1.165, 1.54) is 12.1 Å². The maximum atomic E-state index is 13.0. The predicted molar refractivity (Wildman–Crippen MR) is 115 cm³/mol. The van der Waals surface area contributed by atoms with Crippen molar-refractivity contribution in [2.75, 3.05) is 0 Å². The van der Waals surface area contributed by atoms with Crippen LogP contribution in [0.3, 0.4) is 0 Å². The molecule has 0 saturated heterocycles. The molecule has 0 amide bonds. The minimum absolute atomic E-state index is 0.160. The van der Waals surface area contributed by atoms with Gasteiger partial charge in [-0.15, -0.1) is 0 Å². The SMILES string of the molecule is Cc1ccc(S(=O)(=O)OC(Cc2ccccc2)(Cc2ccccc2)P(=O)(O)O)cc1. The first kappa shape index (κ1) is 22.4. The third-order valence-corrected chi connectivity index (χ3v) is 7.73. The summed E-state index contributed by atoms with van der Waals surface area (Å²) in [6.45, 7) is 1.81. The van der Waals surface area contributed by atoms with E-state index in [0.29, 0.717) is 11.1 Å². The van der Waals surface area contributed by atoms with E-state index in [9.17, 15) is 22.8 Å². The second kappa shape index (κ2) is 8.84. The molecule has 0 saturated carbocycles. The fourth-order valence-electron chi connectivity index (χ4n) is 3.16. The molecule has 0 aliphatic carbocycles. The molecule has 0 atom stereocenters. The summed E-state index contributed by atoms with van der Waals surface area (Å²) in [6.07, 6.45) is -0.559. The summed E-state index contributed by atoms with van der Waals surface area (Å²) >= 11 is 0. The highest BCUT2D eigenvalue weighted by molar-refractivity contribution is 7.87. The van der Waals surface area contributed by atoms with Crippen LogP contribution < -0.4 is 0 Å². The van der Waals surface area contributed by atoms with Crippen molar-refractivity contribution in [3.05, 3.63) is 102 Å². The van der Waals surface area contributed by atoms with Gasteiger partial charge in [0.05, 0.1) is 4.90 Å². The number of hydrogen-bond acceptors (Lipinski definition) is 4. The van der Waals surface area contributed by atoms with Crippen LogP contribution in [-0.4, -0.2) is 23.5 Å². The molecule has 0 aromatic heterocycles. The smallest absolute Gasteiger partial charge is 0.322 e. The molecule has 2 N–H and O–H groups in total. The van der Waals surface area contributed by atoms with Gasteiger partial charge in [0.2, 0.25) is 0 Å². The van der Waals surface area contributed by atoms with Crippen molar-refractivity contribution in [1.29, 1.82) is 0 Å². The van der Waals surface area contributed by atoms with Crippen LogP contribution in [0.4, 0.5) is 0 Å². The summed E-state index contributed by atoms with van der Waals surface area (Å²) in [5.41, 5.74) is 1.95. The highest BCUT2D eigenvalue weighted by Gasteiger charge is 2.52. The average Bonchev–Trinajstić information content (AvgIpc) is 2.68. The van der Waals surface area contributed by atoms with Crippen LogP contribution in [0.15, 0.2) is 89.8 Å². The zero-order valence-corrected chi connectivity index (χ0v) is 18.1. The molecule has 0 bridgehead atoms. The molecule has 6 nitrogen and oxygen atoms in total. The van der Waals surface area contributed by atoms with Gasteiger partial charge < -0.3 is 9.79 Å². The highest BCUT2D eigenvalue weighted by Crippen LogP contribution is 2.56. The summed E-state index contributed by atoms with van der Waals surface area (Å²) in [5.74, 6) is 0. The van der Waals surface area contributed by atoms with Crippen molar-refractivity contribution in [3.8, 4) is 0 Å². The molecule has 30 heavy (non-hydrogen) atoms. The maximum Gasteiger partial charge on any atom is 0.359 e. The Balaban J connectivity index is 2.11. The summed E-state index contributed by atoms with van der Waals surface area (Å²) in [4.78, 5) is 20.5. The number of hydrogen-bond donors (Lipinski definition) is 2. The fourth-order valence-corrected chi connectivity index (χ4v) is 5.71. The molecule has 0 heterocycles. The van der Waals surface area contributed by atoms with Gasteiger partial charge in [-0.1, -0.05) is 78.4 Å². The number of rotatable bonds is 8. The van der Waals surface area contributed by atoms with Gasteiger partial charge in [0.1, 0.15) is 0 Å². The molecule has 158 valence electrons. The first-order valence-electron chi connectivity index (χ1n) is 9.27. The van der Waals surface area contributed by atoms with E-state index < -0.39 is 23.1 Å². The average molecular weight is 446 g/mol. The lowest BCUT2D eigenvalue weighted by atomic mass is 10.0. The Morgan fingerprint density at radius 2 is 1.23 bits per heavy atom. The molecule has 3 aromatic carbocycles. The van der Waals surface area contributed by atoms with Crippen molar-refractivity contribution < 1.29 is 27.0 Å². The number of aryl methyl sites for hydroxylation is 1. The molecule has 3 rings (SSSR count). The van der Waals surface area contributed by atoms with Crippen molar-refractivity contribution >= 4 is 17.7 Å². The van der Waals surface area contributed by atoms with Gasteiger partial charge in [-0.25, -0.2) is 4.18 Å². The Bertz CT molecular complexity index is 1080. The van der Waals surface area contributed by atoms with E-state index in [1.807, 2.05) is 6.92 Å². The largest absolute Gasteiger partial charge is 0.359 e. The van der Waals surface area contributed by atoms with Gasteiger partial charge in [0.15, 0.2) is 5.34 Å².